The van der Waals surface area contributed by atoms with E-state index in [4.69, 9.17) is 0 Å². The van der Waals surface area contributed by atoms with Gasteiger partial charge in [0, 0.05) is 5.69 Å². The summed E-state index contributed by atoms with van der Waals surface area (Å²) in [4.78, 5) is 10.9. The number of aryl methyl sites for hydroxylation is 1. The molecular weight excluding hydrogens is 257 g/mol. The molecule has 100 valence electrons. The molecule has 18 heavy (non-hydrogen) atoms. The predicted octanol–water partition coefficient (Wildman–Crippen LogP) is 3.39. The van der Waals surface area contributed by atoms with Gasteiger partial charge in [-0.1, -0.05) is 19.1 Å². The molecule has 0 unspecified atom stereocenters. The van der Waals surface area contributed by atoms with Crippen molar-refractivity contribution in [3.8, 4) is 0 Å². The zero-order valence-electron chi connectivity index (χ0n) is 9.31. The molecule has 1 rings (SSSR count). The molecule has 0 aliphatic carbocycles. The molecule has 1 amide bonds. The molecule has 0 aromatic heterocycles. The molecule has 0 aliphatic rings. The number of carbonyl (C=O) groups excluding carboxylic acids is 1. The Morgan fingerprint density at radius 1 is 1.11 bits per heavy atom. The normalized spacial score (nSPS) is 12.3. The molecule has 0 fully saturated rings. The summed E-state index contributed by atoms with van der Waals surface area (Å²) in [5.74, 6) is -7.80. The van der Waals surface area contributed by atoms with Crippen LogP contribution in [0.5, 0.6) is 0 Å². The molecule has 1 N–H and O–H groups in total. The topological polar surface area (TPSA) is 29.1 Å². The quantitative estimate of drug-likeness (QED) is 0.836. The molecule has 1 aromatic carbocycles. The number of hydrogen-bond acceptors (Lipinski definition) is 1. The van der Waals surface area contributed by atoms with Gasteiger partial charge in [-0.3, -0.25) is 4.79 Å². The summed E-state index contributed by atoms with van der Waals surface area (Å²) in [6, 6.07) is 5.59. The van der Waals surface area contributed by atoms with E-state index >= 15 is 0 Å². The van der Waals surface area contributed by atoms with Gasteiger partial charge < -0.3 is 5.32 Å². The molecular formula is C11H10F5NO. The lowest BCUT2D eigenvalue weighted by atomic mass is 10.1. The number of alkyl halides is 5. The highest BCUT2D eigenvalue weighted by Crippen LogP contribution is 2.36. The van der Waals surface area contributed by atoms with Crippen molar-refractivity contribution in [2.75, 3.05) is 5.32 Å². The summed E-state index contributed by atoms with van der Waals surface area (Å²) in [5.41, 5.74) is 0.761. The van der Waals surface area contributed by atoms with Crippen LogP contribution in [-0.2, 0) is 11.2 Å². The second-order valence-corrected chi connectivity index (χ2v) is 3.58. The number of nitrogens with one attached hydrogen (secondary N) is 1. The van der Waals surface area contributed by atoms with Crippen molar-refractivity contribution in [1.29, 1.82) is 0 Å². The fourth-order valence-electron chi connectivity index (χ4n) is 1.16. The number of hydrogen-bond donors (Lipinski definition) is 1. The zero-order chi connectivity index (χ0) is 14.0. The first-order valence-electron chi connectivity index (χ1n) is 5.03. The molecule has 1 aromatic rings. The van der Waals surface area contributed by atoms with Gasteiger partial charge >= 0.3 is 18.0 Å². The molecule has 0 radical (unpaired) electrons. The van der Waals surface area contributed by atoms with Gasteiger partial charge in [0.25, 0.3) is 0 Å². The minimum Gasteiger partial charge on any atom is -0.321 e. The van der Waals surface area contributed by atoms with Crippen molar-refractivity contribution in [2.45, 2.75) is 25.4 Å². The van der Waals surface area contributed by atoms with Crippen LogP contribution in [0.3, 0.4) is 0 Å². The molecule has 0 aliphatic heterocycles. The van der Waals surface area contributed by atoms with Crippen LogP contribution in [0.25, 0.3) is 0 Å². The van der Waals surface area contributed by atoms with Crippen LogP contribution >= 0.6 is 0 Å². The van der Waals surface area contributed by atoms with Gasteiger partial charge in [0.1, 0.15) is 0 Å². The van der Waals surface area contributed by atoms with E-state index in [1.165, 1.54) is 29.6 Å². The average Bonchev–Trinajstić information content (AvgIpc) is 2.28. The first-order chi connectivity index (χ1) is 8.18. The Bertz CT molecular complexity index is 424. The van der Waals surface area contributed by atoms with Crippen molar-refractivity contribution in [2.24, 2.45) is 0 Å². The summed E-state index contributed by atoms with van der Waals surface area (Å²) >= 11 is 0. The maximum Gasteiger partial charge on any atom is 0.463 e. The minimum atomic E-state index is -5.90. The van der Waals surface area contributed by atoms with Crippen LogP contribution in [0.2, 0.25) is 0 Å². The SMILES string of the molecule is CCc1ccc(NC(=O)C(F)(F)C(F)(F)F)cc1. The fraction of sp³-hybridized carbons (Fsp3) is 0.364. The molecule has 0 bridgehead atoms. The molecule has 0 saturated heterocycles. The van der Waals surface area contributed by atoms with Crippen LogP contribution in [0.4, 0.5) is 27.6 Å². The van der Waals surface area contributed by atoms with E-state index in [0.29, 0.717) is 6.42 Å². The van der Waals surface area contributed by atoms with E-state index in [0.717, 1.165) is 5.56 Å². The number of halogens is 5. The second kappa shape index (κ2) is 4.91. The first-order valence-corrected chi connectivity index (χ1v) is 5.03. The lowest BCUT2D eigenvalue weighted by Crippen LogP contribution is -2.47. The summed E-state index contributed by atoms with van der Waals surface area (Å²) in [6.45, 7) is 1.85. The number of anilines is 1. The van der Waals surface area contributed by atoms with E-state index in [1.807, 2.05) is 6.92 Å². The number of benzene rings is 1. The van der Waals surface area contributed by atoms with Gasteiger partial charge in [-0.2, -0.15) is 22.0 Å². The Labute approximate surface area is 99.8 Å². The molecule has 0 saturated carbocycles. The lowest BCUT2D eigenvalue weighted by molar-refractivity contribution is -0.267. The van der Waals surface area contributed by atoms with Crippen molar-refractivity contribution in [3.05, 3.63) is 29.8 Å². The number of carbonyl (C=O) groups is 1. The maximum absolute atomic E-state index is 12.6. The standard InChI is InChI=1S/C11H10F5NO/c1-2-7-3-5-8(6-4-7)17-9(18)10(12,13)11(14,15)16/h3-6H,2H2,1H3,(H,17,18). The molecule has 0 atom stereocenters. The summed E-state index contributed by atoms with van der Waals surface area (Å²) < 4.78 is 60.9. The monoisotopic (exact) mass is 267 g/mol. The third-order valence-electron chi connectivity index (χ3n) is 2.26. The Morgan fingerprint density at radius 2 is 1.61 bits per heavy atom. The molecule has 2 nitrogen and oxygen atoms in total. The maximum atomic E-state index is 12.6. The average molecular weight is 267 g/mol. The third kappa shape index (κ3) is 2.96. The highest BCUT2D eigenvalue weighted by Gasteiger charge is 2.63. The van der Waals surface area contributed by atoms with E-state index in [2.05, 4.69) is 0 Å². The van der Waals surface area contributed by atoms with Crippen molar-refractivity contribution < 1.29 is 26.7 Å². The van der Waals surface area contributed by atoms with Crippen LogP contribution in [-0.4, -0.2) is 18.0 Å². The summed E-state index contributed by atoms with van der Waals surface area (Å²) in [7, 11) is 0. The van der Waals surface area contributed by atoms with Gasteiger partial charge in [0.2, 0.25) is 0 Å². The van der Waals surface area contributed by atoms with Gasteiger partial charge in [-0.25, -0.2) is 0 Å². The summed E-state index contributed by atoms with van der Waals surface area (Å²) in [6.07, 6.45) is -5.21. The molecule has 0 heterocycles. The van der Waals surface area contributed by atoms with Crippen molar-refractivity contribution >= 4 is 11.6 Å². The van der Waals surface area contributed by atoms with Gasteiger partial charge in [-0.05, 0) is 24.1 Å². The van der Waals surface area contributed by atoms with Gasteiger partial charge in [0.15, 0.2) is 0 Å². The summed E-state index contributed by atoms with van der Waals surface area (Å²) in [5, 5.41) is 1.53. The highest BCUT2D eigenvalue weighted by atomic mass is 19.4. The van der Waals surface area contributed by atoms with Crippen LogP contribution < -0.4 is 5.32 Å². The Balaban J connectivity index is 2.81. The minimum absolute atomic E-state index is 0.110. The van der Waals surface area contributed by atoms with Crippen molar-refractivity contribution in [3.63, 3.8) is 0 Å². The van der Waals surface area contributed by atoms with E-state index < -0.39 is 18.0 Å². The largest absolute Gasteiger partial charge is 0.463 e. The second-order valence-electron chi connectivity index (χ2n) is 3.58. The van der Waals surface area contributed by atoms with Crippen molar-refractivity contribution in [1.82, 2.24) is 0 Å². The molecule has 0 spiro atoms. The third-order valence-corrected chi connectivity index (χ3v) is 2.26. The Kier molecular flexibility index (Phi) is 3.93. The fourth-order valence-corrected chi connectivity index (χ4v) is 1.16. The predicted molar refractivity (Wildman–Crippen MR) is 55.5 cm³/mol. The van der Waals surface area contributed by atoms with Gasteiger partial charge in [0.05, 0.1) is 0 Å². The van der Waals surface area contributed by atoms with E-state index in [9.17, 15) is 26.7 Å². The molecule has 7 heteroatoms. The lowest BCUT2D eigenvalue weighted by Gasteiger charge is -2.18. The number of amides is 1. The zero-order valence-corrected chi connectivity index (χ0v) is 9.31. The van der Waals surface area contributed by atoms with Crippen LogP contribution in [0.1, 0.15) is 12.5 Å². The van der Waals surface area contributed by atoms with Crippen LogP contribution in [0, 0.1) is 0 Å². The van der Waals surface area contributed by atoms with E-state index in [-0.39, 0.29) is 5.69 Å². The van der Waals surface area contributed by atoms with Crippen LogP contribution in [0.15, 0.2) is 24.3 Å². The Hall–Kier alpha value is -1.66. The smallest absolute Gasteiger partial charge is 0.321 e. The number of rotatable bonds is 3. The highest BCUT2D eigenvalue weighted by molar-refractivity contribution is 5.96. The first kappa shape index (κ1) is 14.4. The van der Waals surface area contributed by atoms with E-state index in [1.54, 1.807) is 0 Å². The Morgan fingerprint density at radius 3 is 2.00 bits per heavy atom. The van der Waals surface area contributed by atoms with Gasteiger partial charge in [-0.15, -0.1) is 0 Å².